The fourth-order valence-electron chi connectivity index (χ4n) is 2.60. The zero-order chi connectivity index (χ0) is 15.9. The summed E-state index contributed by atoms with van der Waals surface area (Å²) in [6.07, 6.45) is 3.82. The molecule has 6 nitrogen and oxygen atoms in total. The Morgan fingerprint density at radius 2 is 1.91 bits per heavy atom. The lowest BCUT2D eigenvalue weighted by Crippen LogP contribution is -2.33. The lowest BCUT2D eigenvalue weighted by molar-refractivity contribution is 0.0601. The average molecular weight is 308 g/mol. The van der Waals surface area contributed by atoms with E-state index in [1.54, 1.807) is 12.1 Å². The molecule has 0 unspecified atom stereocenters. The van der Waals surface area contributed by atoms with Crippen LogP contribution in [0.3, 0.4) is 0 Å². The molecular formula is C16H24N2O4. The molecule has 0 aromatic heterocycles. The Kier molecular flexibility index (Phi) is 5.89. The number of carbonyl (C=O) groups excluding carboxylic acids is 1. The molecule has 0 amide bonds. The van der Waals surface area contributed by atoms with Gasteiger partial charge in [-0.05, 0) is 25.9 Å². The van der Waals surface area contributed by atoms with Gasteiger partial charge >= 0.3 is 5.97 Å². The summed E-state index contributed by atoms with van der Waals surface area (Å²) in [6, 6.07) is 3.17. The summed E-state index contributed by atoms with van der Waals surface area (Å²) in [5, 5.41) is 0. The van der Waals surface area contributed by atoms with Gasteiger partial charge in [-0.3, -0.25) is 4.90 Å². The van der Waals surface area contributed by atoms with Gasteiger partial charge in [0.15, 0.2) is 11.5 Å². The van der Waals surface area contributed by atoms with Crippen LogP contribution in [-0.4, -0.2) is 51.3 Å². The van der Waals surface area contributed by atoms with E-state index in [1.807, 2.05) is 0 Å². The highest BCUT2D eigenvalue weighted by Crippen LogP contribution is 2.32. The fraction of sp³-hybridized carbons (Fsp3) is 0.562. The van der Waals surface area contributed by atoms with Crippen molar-refractivity contribution in [2.75, 3.05) is 46.2 Å². The van der Waals surface area contributed by atoms with Gasteiger partial charge in [0.1, 0.15) is 6.61 Å². The molecule has 1 heterocycles. The number of benzene rings is 1. The van der Waals surface area contributed by atoms with Crippen molar-refractivity contribution in [3.05, 3.63) is 17.7 Å². The van der Waals surface area contributed by atoms with E-state index >= 15 is 0 Å². The highest BCUT2D eigenvalue weighted by atomic mass is 16.5. The van der Waals surface area contributed by atoms with Crippen molar-refractivity contribution < 1.29 is 19.0 Å². The van der Waals surface area contributed by atoms with E-state index in [4.69, 9.17) is 19.9 Å². The number of likely N-dealkylation sites (tertiary alicyclic amines) is 1. The average Bonchev–Trinajstić information content (AvgIpc) is 2.55. The summed E-state index contributed by atoms with van der Waals surface area (Å²) in [4.78, 5) is 14.0. The molecule has 22 heavy (non-hydrogen) atoms. The fourth-order valence-corrected chi connectivity index (χ4v) is 2.60. The summed E-state index contributed by atoms with van der Waals surface area (Å²) in [5.41, 5.74) is 6.49. The van der Waals surface area contributed by atoms with Crippen LogP contribution in [-0.2, 0) is 4.74 Å². The lowest BCUT2D eigenvalue weighted by Gasteiger charge is -2.26. The second-order valence-electron chi connectivity index (χ2n) is 5.33. The first-order valence-corrected chi connectivity index (χ1v) is 7.56. The molecule has 0 atom stereocenters. The Morgan fingerprint density at radius 3 is 2.55 bits per heavy atom. The third kappa shape index (κ3) is 4.04. The van der Waals surface area contributed by atoms with E-state index in [0.717, 1.165) is 19.6 Å². The van der Waals surface area contributed by atoms with Crippen LogP contribution in [0.5, 0.6) is 11.5 Å². The predicted octanol–water partition coefficient (Wildman–Crippen LogP) is 1.93. The standard InChI is InChI=1S/C16H24N2O4/c1-20-14-10-12(16(19)21-2)13(17)11-15(14)22-9-8-18-6-4-3-5-7-18/h10-11H,3-9,17H2,1-2H3. The summed E-state index contributed by atoms with van der Waals surface area (Å²) in [7, 11) is 2.85. The van der Waals surface area contributed by atoms with Crippen molar-refractivity contribution in [3.63, 3.8) is 0 Å². The molecule has 0 aliphatic carbocycles. The third-order valence-corrected chi connectivity index (χ3v) is 3.85. The number of anilines is 1. The number of methoxy groups -OCH3 is 2. The van der Waals surface area contributed by atoms with Crippen molar-refractivity contribution in [1.29, 1.82) is 0 Å². The van der Waals surface area contributed by atoms with Gasteiger partial charge in [-0.1, -0.05) is 6.42 Å². The van der Waals surface area contributed by atoms with E-state index in [9.17, 15) is 4.79 Å². The highest BCUT2D eigenvalue weighted by Gasteiger charge is 2.16. The minimum absolute atomic E-state index is 0.280. The first-order chi connectivity index (χ1) is 10.7. The van der Waals surface area contributed by atoms with Crippen LogP contribution >= 0.6 is 0 Å². The molecule has 1 aliphatic rings. The molecule has 1 aromatic rings. The Morgan fingerprint density at radius 1 is 1.18 bits per heavy atom. The molecule has 1 fully saturated rings. The normalized spacial score (nSPS) is 15.4. The van der Waals surface area contributed by atoms with Gasteiger partial charge in [0.2, 0.25) is 0 Å². The van der Waals surface area contributed by atoms with Gasteiger partial charge in [-0.2, -0.15) is 0 Å². The van der Waals surface area contributed by atoms with E-state index in [2.05, 4.69) is 4.90 Å². The maximum Gasteiger partial charge on any atom is 0.340 e. The molecule has 122 valence electrons. The van der Waals surface area contributed by atoms with Crippen LogP contribution in [0.2, 0.25) is 0 Å². The van der Waals surface area contributed by atoms with Crippen LogP contribution in [0.15, 0.2) is 12.1 Å². The zero-order valence-corrected chi connectivity index (χ0v) is 13.3. The van der Waals surface area contributed by atoms with Crippen LogP contribution in [0, 0.1) is 0 Å². The first-order valence-electron chi connectivity index (χ1n) is 7.56. The number of ether oxygens (including phenoxy) is 3. The number of hydrogen-bond acceptors (Lipinski definition) is 6. The highest BCUT2D eigenvalue weighted by molar-refractivity contribution is 5.96. The minimum Gasteiger partial charge on any atom is -0.493 e. The number of nitrogens with zero attached hydrogens (tertiary/aromatic N) is 1. The van der Waals surface area contributed by atoms with Gasteiger partial charge in [0.25, 0.3) is 0 Å². The molecule has 0 bridgehead atoms. The molecular weight excluding hydrogens is 284 g/mol. The molecule has 0 spiro atoms. The number of hydrogen-bond donors (Lipinski definition) is 1. The Bertz CT molecular complexity index is 513. The molecule has 2 N–H and O–H groups in total. The lowest BCUT2D eigenvalue weighted by atomic mass is 10.1. The number of nitrogens with two attached hydrogens (primary N) is 1. The second-order valence-corrected chi connectivity index (χ2v) is 5.33. The zero-order valence-electron chi connectivity index (χ0n) is 13.3. The van der Waals surface area contributed by atoms with E-state index in [0.29, 0.717) is 23.8 Å². The largest absolute Gasteiger partial charge is 0.493 e. The van der Waals surface area contributed by atoms with Crippen LogP contribution in [0.1, 0.15) is 29.6 Å². The van der Waals surface area contributed by atoms with E-state index in [-0.39, 0.29) is 5.56 Å². The molecule has 6 heteroatoms. The Labute approximate surface area is 131 Å². The number of carbonyl (C=O) groups is 1. The SMILES string of the molecule is COC(=O)c1cc(OC)c(OCCN2CCCCC2)cc1N. The molecule has 0 saturated carbocycles. The van der Waals surface area contributed by atoms with E-state index < -0.39 is 5.97 Å². The molecule has 1 aromatic carbocycles. The number of rotatable bonds is 6. The number of piperidine rings is 1. The molecule has 2 rings (SSSR count). The Balaban J connectivity index is 2.00. The molecule has 0 radical (unpaired) electrons. The van der Waals surface area contributed by atoms with Crippen molar-refractivity contribution in [3.8, 4) is 11.5 Å². The summed E-state index contributed by atoms with van der Waals surface area (Å²) in [6.45, 7) is 3.70. The second kappa shape index (κ2) is 7.89. The van der Waals surface area contributed by atoms with Gasteiger partial charge in [-0.15, -0.1) is 0 Å². The summed E-state index contributed by atoms with van der Waals surface area (Å²) in [5.74, 6) is 0.536. The van der Waals surface area contributed by atoms with Gasteiger partial charge in [-0.25, -0.2) is 4.79 Å². The minimum atomic E-state index is -0.490. The smallest absolute Gasteiger partial charge is 0.340 e. The van der Waals surface area contributed by atoms with E-state index in [1.165, 1.54) is 33.5 Å². The van der Waals surface area contributed by atoms with Crippen molar-refractivity contribution in [2.24, 2.45) is 0 Å². The van der Waals surface area contributed by atoms with Gasteiger partial charge in [0.05, 0.1) is 25.5 Å². The Hall–Kier alpha value is -1.95. The van der Waals surface area contributed by atoms with Crippen LogP contribution < -0.4 is 15.2 Å². The van der Waals surface area contributed by atoms with Crippen LogP contribution in [0.25, 0.3) is 0 Å². The van der Waals surface area contributed by atoms with Crippen molar-refractivity contribution >= 4 is 11.7 Å². The number of nitrogen functional groups attached to an aromatic ring is 1. The maximum atomic E-state index is 11.6. The molecule has 1 saturated heterocycles. The quantitative estimate of drug-likeness (QED) is 0.639. The third-order valence-electron chi connectivity index (χ3n) is 3.85. The van der Waals surface area contributed by atoms with Gasteiger partial charge < -0.3 is 19.9 Å². The maximum absolute atomic E-state index is 11.6. The summed E-state index contributed by atoms with van der Waals surface area (Å²) >= 11 is 0. The monoisotopic (exact) mass is 308 g/mol. The van der Waals surface area contributed by atoms with Crippen molar-refractivity contribution in [1.82, 2.24) is 4.90 Å². The van der Waals surface area contributed by atoms with Crippen LogP contribution in [0.4, 0.5) is 5.69 Å². The first kappa shape index (κ1) is 16.4. The molecule has 1 aliphatic heterocycles. The number of esters is 1. The summed E-state index contributed by atoms with van der Waals surface area (Å²) < 4.78 is 15.8. The predicted molar refractivity (Wildman–Crippen MR) is 84.5 cm³/mol. The topological polar surface area (TPSA) is 74.0 Å². The van der Waals surface area contributed by atoms with Crippen molar-refractivity contribution in [2.45, 2.75) is 19.3 Å². The van der Waals surface area contributed by atoms with Gasteiger partial charge in [0, 0.05) is 18.7 Å².